The van der Waals surface area contributed by atoms with E-state index in [-0.39, 0.29) is 0 Å². The van der Waals surface area contributed by atoms with Crippen LogP contribution in [0.5, 0.6) is 0 Å². The summed E-state index contributed by atoms with van der Waals surface area (Å²) in [6.45, 7) is 0. The number of hydrogen-bond donors (Lipinski definition) is 0. The molecule has 19 heavy (non-hydrogen) atoms. The molecule has 3 nitrogen and oxygen atoms in total. The molecule has 0 bridgehead atoms. The molecule has 96 valence electrons. The standard InChI is InChI=1S/C13H8ClIN2OS/c14-11-6-7-16-13-10(11)8-12(15)17(13)19(18)9-4-2-1-3-5-9/h1-8H. The third-order valence-electron chi connectivity index (χ3n) is 2.68. The van der Waals surface area contributed by atoms with E-state index in [2.05, 4.69) is 27.6 Å². The summed E-state index contributed by atoms with van der Waals surface area (Å²) >= 11 is 8.28. The molecule has 0 aliphatic rings. The highest BCUT2D eigenvalue weighted by Gasteiger charge is 2.16. The van der Waals surface area contributed by atoms with E-state index in [4.69, 9.17) is 11.6 Å². The second-order valence-electron chi connectivity index (χ2n) is 3.85. The number of rotatable bonds is 2. The zero-order valence-electron chi connectivity index (χ0n) is 9.59. The first-order chi connectivity index (χ1) is 9.18. The Morgan fingerprint density at radius 3 is 2.68 bits per heavy atom. The van der Waals surface area contributed by atoms with Crippen molar-refractivity contribution in [2.24, 2.45) is 0 Å². The Bertz CT molecular complexity index is 773. The van der Waals surface area contributed by atoms with Gasteiger partial charge in [-0.3, -0.25) is 0 Å². The Morgan fingerprint density at radius 2 is 1.95 bits per heavy atom. The van der Waals surface area contributed by atoms with Gasteiger partial charge >= 0.3 is 0 Å². The van der Waals surface area contributed by atoms with Crippen molar-refractivity contribution >= 4 is 56.2 Å². The van der Waals surface area contributed by atoms with E-state index in [0.717, 1.165) is 14.0 Å². The first-order valence-corrected chi connectivity index (χ1v) is 8.03. The molecule has 0 saturated carbocycles. The van der Waals surface area contributed by atoms with Gasteiger partial charge in [-0.05, 0) is 46.9 Å². The van der Waals surface area contributed by atoms with Crippen LogP contribution in [-0.4, -0.2) is 13.2 Å². The Balaban J connectivity index is 2.24. The van der Waals surface area contributed by atoms with Crippen LogP contribution in [0.15, 0.2) is 53.6 Å². The number of fused-ring (bicyclic) bond motifs is 1. The average molecular weight is 403 g/mol. The van der Waals surface area contributed by atoms with Gasteiger partial charge < -0.3 is 0 Å². The highest BCUT2D eigenvalue weighted by atomic mass is 127. The Hall–Kier alpha value is -0.920. The van der Waals surface area contributed by atoms with Crippen molar-refractivity contribution < 1.29 is 4.21 Å². The van der Waals surface area contributed by atoms with E-state index in [0.29, 0.717) is 10.7 Å². The van der Waals surface area contributed by atoms with Gasteiger partial charge in [-0.2, -0.15) is 0 Å². The largest absolute Gasteiger partial charge is 0.237 e. The fourth-order valence-corrected chi connectivity index (χ4v) is 4.20. The Labute approximate surface area is 131 Å². The molecule has 0 aliphatic carbocycles. The predicted molar refractivity (Wildman–Crippen MR) is 85.7 cm³/mol. The van der Waals surface area contributed by atoms with Crippen LogP contribution in [0.4, 0.5) is 0 Å². The summed E-state index contributed by atoms with van der Waals surface area (Å²) in [5.41, 5.74) is 0.638. The second kappa shape index (κ2) is 5.22. The van der Waals surface area contributed by atoms with Crippen LogP contribution in [0.2, 0.25) is 5.02 Å². The fourth-order valence-electron chi connectivity index (χ4n) is 1.81. The van der Waals surface area contributed by atoms with Crippen LogP contribution in [0.25, 0.3) is 11.0 Å². The maximum absolute atomic E-state index is 12.6. The van der Waals surface area contributed by atoms with Crippen molar-refractivity contribution in [3.8, 4) is 0 Å². The molecule has 0 fully saturated rings. The number of benzene rings is 1. The van der Waals surface area contributed by atoms with Crippen LogP contribution in [0.1, 0.15) is 0 Å². The maximum atomic E-state index is 12.6. The monoisotopic (exact) mass is 402 g/mol. The lowest BCUT2D eigenvalue weighted by Gasteiger charge is -2.06. The van der Waals surface area contributed by atoms with Gasteiger partial charge in [0, 0.05) is 11.6 Å². The molecule has 1 unspecified atom stereocenters. The number of hydrogen-bond acceptors (Lipinski definition) is 2. The summed E-state index contributed by atoms with van der Waals surface area (Å²) < 4.78 is 15.2. The number of pyridine rings is 1. The van der Waals surface area contributed by atoms with E-state index in [1.165, 1.54) is 0 Å². The van der Waals surface area contributed by atoms with Gasteiger partial charge in [0.25, 0.3) is 0 Å². The number of halogens is 2. The fraction of sp³-hybridized carbons (Fsp3) is 0. The molecule has 0 N–H and O–H groups in total. The van der Waals surface area contributed by atoms with E-state index in [1.807, 2.05) is 36.4 Å². The van der Waals surface area contributed by atoms with E-state index in [1.54, 1.807) is 16.2 Å². The van der Waals surface area contributed by atoms with Crippen molar-refractivity contribution in [3.63, 3.8) is 0 Å². The second-order valence-corrected chi connectivity index (χ2v) is 6.70. The van der Waals surface area contributed by atoms with Crippen LogP contribution >= 0.6 is 34.2 Å². The summed E-state index contributed by atoms with van der Waals surface area (Å²) in [6.07, 6.45) is 1.62. The highest BCUT2D eigenvalue weighted by molar-refractivity contribution is 14.1. The van der Waals surface area contributed by atoms with Crippen LogP contribution in [0, 0.1) is 3.70 Å². The molecule has 0 spiro atoms. The lowest BCUT2D eigenvalue weighted by atomic mass is 10.3. The average Bonchev–Trinajstić information content (AvgIpc) is 2.77. The van der Waals surface area contributed by atoms with E-state index >= 15 is 0 Å². The highest BCUT2D eigenvalue weighted by Crippen LogP contribution is 2.28. The minimum Gasteiger partial charge on any atom is -0.237 e. The van der Waals surface area contributed by atoms with Gasteiger partial charge in [0.1, 0.15) is 0 Å². The molecule has 6 heteroatoms. The summed E-state index contributed by atoms with van der Waals surface area (Å²) in [4.78, 5) is 5.03. The van der Waals surface area contributed by atoms with E-state index in [9.17, 15) is 4.21 Å². The van der Waals surface area contributed by atoms with Gasteiger partial charge in [-0.1, -0.05) is 29.8 Å². The molecule has 3 rings (SSSR count). The van der Waals surface area contributed by atoms with Crippen molar-refractivity contribution in [1.29, 1.82) is 0 Å². The van der Waals surface area contributed by atoms with Gasteiger partial charge in [-0.15, -0.1) is 0 Å². The van der Waals surface area contributed by atoms with Crippen molar-refractivity contribution in [2.45, 2.75) is 4.90 Å². The summed E-state index contributed by atoms with van der Waals surface area (Å²) in [6, 6.07) is 12.9. The minimum absolute atomic E-state index is 0.617. The molecule has 1 aromatic carbocycles. The molecule has 2 heterocycles. The van der Waals surface area contributed by atoms with Crippen LogP contribution < -0.4 is 0 Å². The SMILES string of the molecule is O=S(c1ccccc1)n1c(I)cc2c(Cl)ccnc21. The smallest absolute Gasteiger partial charge is 0.159 e. The molecule has 0 amide bonds. The maximum Gasteiger partial charge on any atom is 0.159 e. The third kappa shape index (κ3) is 2.30. The predicted octanol–water partition coefficient (Wildman–Crippen LogP) is 3.87. The van der Waals surface area contributed by atoms with Gasteiger partial charge in [0.2, 0.25) is 0 Å². The lowest BCUT2D eigenvalue weighted by molar-refractivity contribution is 0.677. The summed E-state index contributed by atoms with van der Waals surface area (Å²) in [5.74, 6) is 0. The summed E-state index contributed by atoms with van der Waals surface area (Å²) in [5, 5.41) is 1.43. The van der Waals surface area contributed by atoms with Crippen molar-refractivity contribution in [3.05, 3.63) is 57.4 Å². The van der Waals surface area contributed by atoms with Gasteiger partial charge in [0.05, 0.1) is 13.6 Å². The number of aromatic nitrogens is 2. The zero-order chi connectivity index (χ0) is 13.4. The topological polar surface area (TPSA) is 34.9 Å². The molecule has 1 atom stereocenters. The van der Waals surface area contributed by atoms with Gasteiger partial charge in [0.15, 0.2) is 16.6 Å². The molecular formula is C13H8ClIN2OS. The molecular weight excluding hydrogens is 395 g/mol. The first kappa shape index (κ1) is 13.1. The van der Waals surface area contributed by atoms with Crippen molar-refractivity contribution in [1.82, 2.24) is 8.96 Å². The van der Waals surface area contributed by atoms with E-state index < -0.39 is 11.0 Å². The van der Waals surface area contributed by atoms with Crippen LogP contribution in [-0.2, 0) is 11.0 Å². The lowest BCUT2D eigenvalue weighted by Crippen LogP contribution is -2.07. The zero-order valence-corrected chi connectivity index (χ0v) is 13.3. The summed E-state index contributed by atoms with van der Waals surface area (Å²) in [7, 11) is -1.32. The molecule has 0 radical (unpaired) electrons. The van der Waals surface area contributed by atoms with Crippen molar-refractivity contribution in [2.75, 3.05) is 0 Å². The molecule has 0 aliphatic heterocycles. The van der Waals surface area contributed by atoms with Crippen LogP contribution in [0.3, 0.4) is 0 Å². The minimum atomic E-state index is -1.32. The molecule has 3 aromatic rings. The Kier molecular flexibility index (Phi) is 3.60. The first-order valence-electron chi connectivity index (χ1n) is 5.47. The molecule has 0 saturated heterocycles. The normalized spacial score (nSPS) is 12.7. The number of nitrogens with zero attached hydrogens (tertiary/aromatic N) is 2. The third-order valence-corrected chi connectivity index (χ3v) is 5.50. The van der Waals surface area contributed by atoms with Gasteiger partial charge in [-0.25, -0.2) is 13.2 Å². The molecule has 2 aromatic heterocycles. The quantitative estimate of drug-likeness (QED) is 0.610. The Morgan fingerprint density at radius 1 is 1.21 bits per heavy atom.